The van der Waals surface area contributed by atoms with Crippen LogP contribution in [0.4, 0.5) is 24.0 Å². The van der Waals surface area contributed by atoms with Crippen LogP contribution in [0.1, 0.15) is 11.1 Å². The summed E-state index contributed by atoms with van der Waals surface area (Å²) in [6, 6.07) is 10.4. The molecule has 0 saturated heterocycles. The number of carbonyl (C=O) groups is 1. The van der Waals surface area contributed by atoms with Crippen molar-refractivity contribution in [2.75, 3.05) is 5.32 Å². The number of hydrogen-bond donors (Lipinski definition) is 1. The number of nitro groups is 1. The standard InChI is InChI=1S/C18H12F3N3O3S/c19-18(20,21)13-5-1-3-11(7-13)8-16(25)23-17-22-15(10-28-17)12-4-2-6-14(9-12)24(26)27/h1-7,9-10H,8H2,(H,22,23,25). The van der Waals surface area contributed by atoms with Gasteiger partial charge in [-0.15, -0.1) is 11.3 Å². The first-order valence-corrected chi connectivity index (χ1v) is 8.77. The normalized spacial score (nSPS) is 11.2. The second-order valence-electron chi connectivity index (χ2n) is 5.77. The van der Waals surface area contributed by atoms with Gasteiger partial charge in [-0.2, -0.15) is 13.2 Å². The average Bonchev–Trinajstić information content (AvgIpc) is 3.09. The molecule has 1 N–H and O–H groups in total. The molecule has 2 aromatic carbocycles. The lowest BCUT2D eigenvalue weighted by atomic mass is 10.1. The summed E-state index contributed by atoms with van der Waals surface area (Å²) in [5, 5.41) is 15.3. The minimum atomic E-state index is -4.48. The van der Waals surface area contributed by atoms with Crippen molar-refractivity contribution in [1.82, 2.24) is 4.98 Å². The Hall–Kier alpha value is -3.27. The van der Waals surface area contributed by atoms with E-state index in [1.165, 1.54) is 30.3 Å². The number of non-ortho nitro benzene ring substituents is 1. The minimum absolute atomic E-state index is 0.0827. The Morgan fingerprint density at radius 1 is 1.18 bits per heavy atom. The van der Waals surface area contributed by atoms with Crippen molar-refractivity contribution in [3.05, 3.63) is 75.2 Å². The first-order valence-electron chi connectivity index (χ1n) is 7.89. The highest BCUT2D eigenvalue weighted by Crippen LogP contribution is 2.30. The minimum Gasteiger partial charge on any atom is -0.302 e. The number of benzene rings is 2. The van der Waals surface area contributed by atoms with Gasteiger partial charge in [-0.25, -0.2) is 4.98 Å². The van der Waals surface area contributed by atoms with Crippen LogP contribution in [0.2, 0.25) is 0 Å². The predicted molar refractivity (Wildman–Crippen MR) is 98.0 cm³/mol. The van der Waals surface area contributed by atoms with Gasteiger partial charge in [0.05, 0.1) is 22.6 Å². The van der Waals surface area contributed by atoms with Crippen molar-refractivity contribution in [2.24, 2.45) is 0 Å². The van der Waals surface area contributed by atoms with Crippen molar-refractivity contribution < 1.29 is 22.9 Å². The molecule has 6 nitrogen and oxygen atoms in total. The maximum absolute atomic E-state index is 12.7. The summed E-state index contributed by atoms with van der Waals surface area (Å²) in [5.74, 6) is -0.515. The van der Waals surface area contributed by atoms with Crippen LogP contribution in [-0.4, -0.2) is 15.8 Å². The lowest BCUT2D eigenvalue weighted by molar-refractivity contribution is -0.384. The number of halogens is 3. The molecular formula is C18H12F3N3O3S. The maximum Gasteiger partial charge on any atom is 0.416 e. The second-order valence-corrected chi connectivity index (χ2v) is 6.63. The van der Waals surface area contributed by atoms with Crippen molar-refractivity contribution >= 4 is 28.1 Å². The number of carbonyl (C=O) groups excluding carboxylic acids is 1. The lowest BCUT2D eigenvalue weighted by Gasteiger charge is -2.08. The van der Waals surface area contributed by atoms with Gasteiger partial charge in [-0.1, -0.05) is 30.3 Å². The Morgan fingerprint density at radius 2 is 1.93 bits per heavy atom. The third-order valence-corrected chi connectivity index (χ3v) is 4.48. The van der Waals surface area contributed by atoms with E-state index in [0.29, 0.717) is 11.3 Å². The van der Waals surface area contributed by atoms with E-state index in [0.717, 1.165) is 23.5 Å². The Morgan fingerprint density at radius 3 is 2.64 bits per heavy atom. The summed E-state index contributed by atoms with van der Waals surface area (Å²) in [6.07, 6.45) is -4.72. The van der Waals surface area contributed by atoms with Crippen LogP contribution in [0, 0.1) is 10.1 Å². The summed E-state index contributed by atoms with van der Waals surface area (Å²) >= 11 is 1.11. The number of rotatable bonds is 5. The van der Waals surface area contributed by atoms with Gasteiger partial charge in [0.2, 0.25) is 5.91 Å². The van der Waals surface area contributed by atoms with E-state index in [4.69, 9.17) is 0 Å². The summed E-state index contributed by atoms with van der Waals surface area (Å²) in [7, 11) is 0. The highest BCUT2D eigenvalue weighted by molar-refractivity contribution is 7.14. The zero-order chi connectivity index (χ0) is 20.3. The molecule has 0 saturated carbocycles. The molecule has 144 valence electrons. The molecule has 0 radical (unpaired) electrons. The smallest absolute Gasteiger partial charge is 0.302 e. The van der Waals surface area contributed by atoms with Crippen LogP contribution in [0.25, 0.3) is 11.3 Å². The Bertz CT molecular complexity index is 1030. The molecular weight excluding hydrogens is 395 g/mol. The number of hydrogen-bond acceptors (Lipinski definition) is 5. The molecule has 0 atom stereocenters. The fourth-order valence-corrected chi connectivity index (χ4v) is 3.18. The zero-order valence-electron chi connectivity index (χ0n) is 14.1. The Balaban J connectivity index is 1.69. The fourth-order valence-electron chi connectivity index (χ4n) is 2.45. The first kappa shape index (κ1) is 19.5. The molecule has 0 aliphatic carbocycles. The molecule has 3 aromatic rings. The molecule has 1 aromatic heterocycles. The zero-order valence-corrected chi connectivity index (χ0v) is 14.9. The van der Waals surface area contributed by atoms with E-state index in [2.05, 4.69) is 10.3 Å². The first-order chi connectivity index (χ1) is 13.2. The summed E-state index contributed by atoms with van der Waals surface area (Å²) in [4.78, 5) is 26.7. The summed E-state index contributed by atoms with van der Waals surface area (Å²) in [5.41, 5.74) is 0.287. The van der Waals surface area contributed by atoms with Gasteiger partial charge in [-0.3, -0.25) is 14.9 Å². The topological polar surface area (TPSA) is 85.1 Å². The Labute approximate surface area is 160 Å². The van der Waals surface area contributed by atoms with Crippen molar-refractivity contribution in [2.45, 2.75) is 12.6 Å². The van der Waals surface area contributed by atoms with Crippen LogP contribution >= 0.6 is 11.3 Å². The Kier molecular flexibility index (Phi) is 5.41. The van der Waals surface area contributed by atoms with E-state index in [9.17, 15) is 28.1 Å². The van der Waals surface area contributed by atoms with Gasteiger partial charge < -0.3 is 5.32 Å². The van der Waals surface area contributed by atoms with Crippen LogP contribution in [0.3, 0.4) is 0 Å². The second kappa shape index (κ2) is 7.77. The van der Waals surface area contributed by atoms with E-state index in [1.807, 2.05) is 0 Å². The van der Waals surface area contributed by atoms with E-state index in [-0.39, 0.29) is 22.8 Å². The quantitative estimate of drug-likeness (QED) is 0.481. The van der Waals surface area contributed by atoms with Gasteiger partial charge in [-0.05, 0) is 11.6 Å². The molecule has 0 aliphatic rings. The summed E-state index contributed by atoms with van der Waals surface area (Å²) < 4.78 is 38.2. The highest BCUT2D eigenvalue weighted by atomic mass is 32.1. The number of alkyl halides is 3. The van der Waals surface area contributed by atoms with Crippen LogP contribution in [0.15, 0.2) is 53.9 Å². The van der Waals surface area contributed by atoms with Gasteiger partial charge in [0.1, 0.15) is 0 Å². The molecule has 0 fully saturated rings. The molecule has 28 heavy (non-hydrogen) atoms. The van der Waals surface area contributed by atoms with Crippen molar-refractivity contribution in [3.8, 4) is 11.3 Å². The summed E-state index contributed by atoms with van der Waals surface area (Å²) in [6.45, 7) is 0. The number of aromatic nitrogens is 1. The monoisotopic (exact) mass is 407 g/mol. The van der Waals surface area contributed by atoms with Crippen LogP contribution < -0.4 is 5.32 Å². The molecule has 0 bridgehead atoms. The number of amides is 1. The maximum atomic E-state index is 12.7. The number of nitrogens with one attached hydrogen (secondary N) is 1. The van der Waals surface area contributed by atoms with Crippen molar-refractivity contribution in [3.63, 3.8) is 0 Å². The van der Waals surface area contributed by atoms with E-state index < -0.39 is 22.6 Å². The molecule has 0 unspecified atom stereocenters. The average molecular weight is 407 g/mol. The van der Waals surface area contributed by atoms with Crippen LogP contribution in [0.5, 0.6) is 0 Å². The predicted octanol–water partition coefficient (Wildman–Crippen LogP) is 4.92. The number of nitrogens with zero attached hydrogens (tertiary/aromatic N) is 2. The largest absolute Gasteiger partial charge is 0.416 e. The van der Waals surface area contributed by atoms with Gasteiger partial charge in [0.25, 0.3) is 5.69 Å². The van der Waals surface area contributed by atoms with E-state index >= 15 is 0 Å². The highest BCUT2D eigenvalue weighted by Gasteiger charge is 2.30. The fraction of sp³-hybridized carbons (Fsp3) is 0.111. The number of thiazole rings is 1. The molecule has 1 amide bonds. The van der Waals surface area contributed by atoms with Crippen LogP contribution in [-0.2, 0) is 17.4 Å². The number of anilines is 1. The molecule has 0 spiro atoms. The lowest BCUT2D eigenvalue weighted by Crippen LogP contribution is -2.15. The van der Waals surface area contributed by atoms with E-state index in [1.54, 1.807) is 11.4 Å². The SMILES string of the molecule is O=C(Cc1cccc(C(F)(F)F)c1)Nc1nc(-c2cccc([N+](=O)[O-])c2)cs1. The van der Waals surface area contributed by atoms with Crippen molar-refractivity contribution in [1.29, 1.82) is 0 Å². The third-order valence-electron chi connectivity index (χ3n) is 3.72. The van der Waals surface area contributed by atoms with Gasteiger partial charge in [0.15, 0.2) is 5.13 Å². The molecule has 1 heterocycles. The molecule has 3 rings (SSSR count). The van der Waals surface area contributed by atoms with Gasteiger partial charge >= 0.3 is 6.18 Å². The molecule has 10 heteroatoms. The third kappa shape index (κ3) is 4.71. The van der Waals surface area contributed by atoms with Gasteiger partial charge in [0, 0.05) is 23.1 Å². The number of nitro benzene ring substituents is 1. The molecule has 0 aliphatic heterocycles.